The number of hydrogen-bond donors (Lipinski definition) is 2. The molecule has 8 nitrogen and oxygen atoms in total. The number of H-pyrrole nitrogens is 1. The first-order chi connectivity index (χ1) is 14.4. The Morgan fingerprint density at radius 3 is 2.67 bits per heavy atom. The summed E-state index contributed by atoms with van der Waals surface area (Å²) in [6.07, 6.45) is 2.18. The van der Waals surface area contributed by atoms with Crippen molar-refractivity contribution in [3.63, 3.8) is 0 Å². The molecule has 4 rings (SSSR count). The third-order valence-corrected chi connectivity index (χ3v) is 6.82. The number of aromatic nitrogens is 4. The number of amides is 1. The molecular weight excluding hydrogens is 445 g/mol. The Kier molecular flexibility index (Phi) is 5.42. The second-order valence-electron chi connectivity index (χ2n) is 6.75. The van der Waals surface area contributed by atoms with E-state index in [0.717, 1.165) is 36.3 Å². The Morgan fingerprint density at radius 1 is 1.13 bits per heavy atom. The van der Waals surface area contributed by atoms with Crippen molar-refractivity contribution < 1.29 is 14.6 Å². The molecule has 0 aliphatic rings. The number of nitrogens with one attached hydrogen (secondary N) is 1. The van der Waals surface area contributed by atoms with Gasteiger partial charge in [0.2, 0.25) is 0 Å². The van der Waals surface area contributed by atoms with Gasteiger partial charge >= 0.3 is 180 Å². The van der Waals surface area contributed by atoms with Crippen LogP contribution in [0.4, 0.5) is 10.6 Å². The molecule has 3 aromatic heterocycles. The molecule has 1 amide bonds. The summed E-state index contributed by atoms with van der Waals surface area (Å²) in [7, 11) is 1.49. The van der Waals surface area contributed by atoms with E-state index >= 15 is 0 Å². The topological polar surface area (TPSA) is 104 Å². The van der Waals surface area contributed by atoms with Crippen LogP contribution in [-0.4, -0.2) is 53.9 Å². The van der Waals surface area contributed by atoms with Crippen LogP contribution in [-0.2, 0) is 0 Å². The van der Waals surface area contributed by atoms with Crippen molar-refractivity contribution in [1.29, 1.82) is 0 Å². The normalized spacial score (nSPS) is 11.3. The fraction of sp³-hybridized carbons (Fsp3) is 0.143. The quantitative estimate of drug-likeness (QED) is 0.440. The van der Waals surface area contributed by atoms with Crippen molar-refractivity contribution in [2.24, 2.45) is 0 Å². The fourth-order valence-corrected chi connectivity index (χ4v) is 5.05. The van der Waals surface area contributed by atoms with Crippen LogP contribution in [0.1, 0.15) is 11.3 Å². The molecule has 0 bridgehead atoms. The van der Waals surface area contributed by atoms with Crippen LogP contribution >= 0.6 is 0 Å². The number of pyridine rings is 1. The second-order valence-corrected chi connectivity index (χ2v) is 9.19. The number of anilines is 1. The minimum atomic E-state index is -1.04. The van der Waals surface area contributed by atoms with Gasteiger partial charge in [0, 0.05) is 0 Å². The average Bonchev–Trinajstić information content (AvgIpc) is 3.16. The molecule has 151 valence electrons. The molecule has 0 aliphatic heterocycles. The molecule has 0 atom stereocenters. The summed E-state index contributed by atoms with van der Waals surface area (Å²) in [6, 6.07) is 11.6. The monoisotopic (exact) mass is 464 g/mol. The number of benzene rings is 1. The molecule has 3 heterocycles. The van der Waals surface area contributed by atoms with Gasteiger partial charge < -0.3 is 0 Å². The summed E-state index contributed by atoms with van der Waals surface area (Å²) in [5.74, 6) is 1.94. The molecule has 1 radical (unpaired) electrons. The van der Waals surface area contributed by atoms with Crippen LogP contribution in [0.15, 0.2) is 48.9 Å². The maximum atomic E-state index is 11.2. The van der Waals surface area contributed by atoms with Crippen LogP contribution in [0.3, 0.4) is 0 Å². The summed E-state index contributed by atoms with van der Waals surface area (Å²) >= 11 is -0.432. The standard InChI is InChI=1S/C21H19AsN5O3/c1-12-8-14(5-7-17(12)30-15-6-4-13(2)23-10-15)22-20-19-16(24-11-25-20)9-18(26-19)27(3)21(28)29/h4-11,26H,1-3H3,(H,28,29). The Morgan fingerprint density at radius 2 is 1.97 bits per heavy atom. The third-order valence-electron chi connectivity index (χ3n) is 4.54. The molecule has 0 aliphatic carbocycles. The van der Waals surface area contributed by atoms with E-state index in [1.165, 1.54) is 13.4 Å². The number of rotatable bonds is 5. The summed E-state index contributed by atoms with van der Waals surface area (Å²) in [6.45, 7) is 3.94. The van der Waals surface area contributed by atoms with Crippen molar-refractivity contribution in [1.82, 2.24) is 19.9 Å². The first-order valence-corrected chi connectivity index (χ1v) is 11.0. The second kappa shape index (κ2) is 8.16. The minimum absolute atomic E-state index is 0.432. The van der Waals surface area contributed by atoms with Gasteiger partial charge in [-0.05, 0) is 0 Å². The molecule has 1 aromatic carbocycles. The number of aryl methyl sites for hydroxylation is 2. The predicted molar refractivity (Wildman–Crippen MR) is 116 cm³/mol. The van der Waals surface area contributed by atoms with Gasteiger partial charge in [-0.2, -0.15) is 0 Å². The molecule has 0 fully saturated rings. The number of hydrogen-bond acceptors (Lipinski definition) is 5. The number of fused-ring (bicyclic) bond motifs is 1. The van der Waals surface area contributed by atoms with Gasteiger partial charge in [0.1, 0.15) is 0 Å². The first-order valence-electron chi connectivity index (χ1n) is 9.14. The molecule has 0 spiro atoms. The fourth-order valence-electron chi connectivity index (χ4n) is 2.86. The number of nitrogens with zero attached hydrogens (tertiary/aromatic N) is 4. The van der Waals surface area contributed by atoms with Crippen molar-refractivity contribution in [3.8, 4) is 11.5 Å². The van der Waals surface area contributed by atoms with Crippen LogP contribution in [0.25, 0.3) is 11.0 Å². The van der Waals surface area contributed by atoms with E-state index in [1.54, 1.807) is 12.3 Å². The molecule has 30 heavy (non-hydrogen) atoms. The summed E-state index contributed by atoms with van der Waals surface area (Å²) < 4.78 is 7.99. The van der Waals surface area contributed by atoms with Gasteiger partial charge in [0.25, 0.3) is 0 Å². The van der Waals surface area contributed by atoms with Crippen molar-refractivity contribution >= 4 is 47.5 Å². The van der Waals surface area contributed by atoms with Gasteiger partial charge in [-0.25, -0.2) is 0 Å². The van der Waals surface area contributed by atoms with Crippen LogP contribution in [0, 0.1) is 13.8 Å². The molecule has 9 heteroatoms. The van der Waals surface area contributed by atoms with Crippen LogP contribution < -0.4 is 18.5 Å². The Bertz CT molecular complexity index is 1220. The van der Waals surface area contributed by atoms with E-state index in [0.29, 0.717) is 17.1 Å². The van der Waals surface area contributed by atoms with Gasteiger partial charge in [-0.1, -0.05) is 0 Å². The molecule has 0 saturated carbocycles. The van der Waals surface area contributed by atoms with Gasteiger partial charge in [-0.15, -0.1) is 0 Å². The molecule has 2 N–H and O–H groups in total. The zero-order valence-corrected chi connectivity index (χ0v) is 18.5. The van der Waals surface area contributed by atoms with E-state index in [4.69, 9.17) is 4.74 Å². The first kappa shape index (κ1) is 19.9. The van der Waals surface area contributed by atoms with Gasteiger partial charge in [-0.3, -0.25) is 0 Å². The van der Waals surface area contributed by atoms with E-state index in [-0.39, 0.29) is 0 Å². The number of carboxylic acid groups (broad SMARTS) is 1. The molecular formula is C21H19AsN5O3. The predicted octanol–water partition coefficient (Wildman–Crippen LogP) is 2.53. The van der Waals surface area contributed by atoms with Crippen molar-refractivity contribution in [2.75, 3.05) is 11.9 Å². The average molecular weight is 464 g/mol. The van der Waals surface area contributed by atoms with Crippen LogP contribution in [0.2, 0.25) is 0 Å². The van der Waals surface area contributed by atoms with E-state index in [9.17, 15) is 9.90 Å². The maximum absolute atomic E-state index is 11.2. The zero-order chi connectivity index (χ0) is 21.3. The van der Waals surface area contributed by atoms with E-state index in [1.807, 2.05) is 38.1 Å². The number of ether oxygens (including phenoxy) is 1. The Balaban J connectivity index is 1.58. The van der Waals surface area contributed by atoms with Crippen molar-refractivity contribution in [3.05, 3.63) is 60.2 Å². The number of aromatic amines is 1. The zero-order valence-electron chi connectivity index (χ0n) is 16.6. The van der Waals surface area contributed by atoms with Gasteiger partial charge in [0.05, 0.1) is 0 Å². The van der Waals surface area contributed by atoms with Gasteiger partial charge in [0.15, 0.2) is 0 Å². The molecule has 0 unspecified atom stereocenters. The van der Waals surface area contributed by atoms with E-state index in [2.05, 4.69) is 26.0 Å². The molecule has 0 saturated heterocycles. The summed E-state index contributed by atoms with van der Waals surface area (Å²) in [5, 5.41) is 9.20. The summed E-state index contributed by atoms with van der Waals surface area (Å²) in [4.78, 5) is 28.4. The SMILES string of the molecule is Cc1ccc(Oc2ccc([As]c3ncnc4cc(N(C)C(=O)O)[nH]c34)cc2C)cn1. The van der Waals surface area contributed by atoms with Crippen LogP contribution in [0.5, 0.6) is 11.5 Å². The third kappa shape index (κ3) is 4.14. The Hall–Kier alpha value is -3.38. The molecule has 4 aromatic rings. The van der Waals surface area contributed by atoms with E-state index < -0.39 is 21.8 Å². The summed E-state index contributed by atoms with van der Waals surface area (Å²) in [5.41, 5.74) is 3.43. The number of carbonyl (C=O) groups is 1. The van der Waals surface area contributed by atoms with Crippen molar-refractivity contribution in [2.45, 2.75) is 13.8 Å². The Labute approximate surface area is 179 Å².